The Hall–Kier alpha value is -1.76. The van der Waals surface area contributed by atoms with Crippen LogP contribution in [0.1, 0.15) is 41.0 Å². The highest BCUT2D eigenvalue weighted by Gasteiger charge is 2.60. The van der Waals surface area contributed by atoms with Gasteiger partial charge < -0.3 is 4.84 Å². The van der Waals surface area contributed by atoms with Crippen molar-refractivity contribution < 1.29 is 14.4 Å². The molecule has 0 saturated carbocycles. The summed E-state index contributed by atoms with van der Waals surface area (Å²) in [5, 5.41) is 5.33. The van der Waals surface area contributed by atoms with Crippen molar-refractivity contribution in [3.63, 3.8) is 0 Å². The fourth-order valence-corrected chi connectivity index (χ4v) is 4.80. The predicted octanol–water partition coefficient (Wildman–Crippen LogP) is 1.98. The van der Waals surface area contributed by atoms with Crippen molar-refractivity contribution >= 4 is 11.7 Å². The van der Waals surface area contributed by atoms with E-state index in [0.29, 0.717) is 25.9 Å². The van der Waals surface area contributed by atoms with E-state index in [2.05, 4.69) is 12.1 Å². The van der Waals surface area contributed by atoms with E-state index in [-0.39, 0.29) is 11.7 Å². The molecule has 1 aromatic rings. The number of carbonyl (C=O) groups excluding carboxylic acids is 2. The van der Waals surface area contributed by atoms with E-state index < -0.39 is 11.5 Å². The lowest BCUT2D eigenvalue weighted by molar-refractivity contribution is -0.183. The summed E-state index contributed by atoms with van der Waals surface area (Å²) >= 11 is 0. The van der Waals surface area contributed by atoms with Gasteiger partial charge in [0.1, 0.15) is 11.5 Å². The second-order valence-corrected chi connectivity index (χ2v) is 7.75. The zero-order valence-corrected chi connectivity index (χ0v) is 16.6. The molecular weight excluding hydrogens is 330 g/mol. The van der Waals surface area contributed by atoms with Crippen LogP contribution in [0.25, 0.3) is 0 Å². The van der Waals surface area contributed by atoms with Crippen LogP contribution in [0.15, 0.2) is 12.1 Å². The fraction of sp³-hybridized carbons (Fsp3) is 0.600. The van der Waals surface area contributed by atoms with Gasteiger partial charge in [0.15, 0.2) is 5.78 Å². The van der Waals surface area contributed by atoms with E-state index in [1.54, 1.807) is 17.1 Å². The van der Waals surface area contributed by atoms with Crippen LogP contribution in [0.5, 0.6) is 0 Å². The molecule has 2 aliphatic rings. The van der Waals surface area contributed by atoms with Crippen LogP contribution in [-0.2, 0) is 14.4 Å². The van der Waals surface area contributed by atoms with Crippen LogP contribution in [0.2, 0.25) is 0 Å². The minimum absolute atomic E-state index is 0.0296. The molecule has 6 heteroatoms. The Morgan fingerprint density at radius 3 is 2.08 bits per heavy atom. The second-order valence-electron chi connectivity index (χ2n) is 7.75. The molecule has 2 fully saturated rings. The van der Waals surface area contributed by atoms with E-state index >= 15 is 0 Å². The molecule has 0 radical (unpaired) electrons. The largest absolute Gasteiger partial charge is 0.302 e. The van der Waals surface area contributed by atoms with Gasteiger partial charge in [-0.15, -0.1) is 0 Å². The van der Waals surface area contributed by atoms with Crippen molar-refractivity contribution in [3.8, 4) is 0 Å². The summed E-state index contributed by atoms with van der Waals surface area (Å²) in [6.07, 6.45) is 1.17. The summed E-state index contributed by atoms with van der Waals surface area (Å²) in [5.74, 6) is -0.796. The van der Waals surface area contributed by atoms with Crippen LogP contribution in [0, 0.1) is 20.8 Å². The van der Waals surface area contributed by atoms with Crippen molar-refractivity contribution in [3.05, 3.63) is 34.4 Å². The Morgan fingerprint density at radius 1 is 1.08 bits per heavy atom. The number of ketones is 1. The van der Waals surface area contributed by atoms with Gasteiger partial charge >= 0.3 is 0 Å². The molecule has 0 aliphatic carbocycles. The van der Waals surface area contributed by atoms with Gasteiger partial charge in [0.2, 0.25) is 0 Å². The average molecular weight is 359 g/mol. The van der Waals surface area contributed by atoms with E-state index in [1.807, 2.05) is 39.9 Å². The Kier molecular flexibility index (Phi) is 4.94. The van der Waals surface area contributed by atoms with Crippen molar-refractivity contribution in [1.29, 1.82) is 0 Å². The number of carbonyl (C=O) groups is 2. The third-order valence-electron chi connectivity index (χ3n) is 5.82. The molecule has 1 spiro atoms. The molecule has 0 aromatic heterocycles. The first-order chi connectivity index (χ1) is 12.2. The summed E-state index contributed by atoms with van der Waals surface area (Å²) < 4.78 is 0. The number of hydroxylamine groups is 2. The molecule has 6 nitrogen and oxygen atoms in total. The molecule has 1 atom stereocenters. The van der Waals surface area contributed by atoms with Crippen LogP contribution >= 0.6 is 0 Å². The van der Waals surface area contributed by atoms with Crippen molar-refractivity contribution in [2.75, 3.05) is 34.3 Å². The highest BCUT2D eigenvalue weighted by atomic mass is 16.7. The normalized spacial score (nSPS) is 23.5. The topological polar surface area (TPSA) is 53.1 Å². The van der Waals surface area contributed by atoms with Gasteiger partial charge in [-0.3, -0.25) is 14.6 Å². The van der Waals surface area contributed by atoms with Gasteiger partial charge in [-0.25, -0.2) is 5.01 Å². The molecule has 0 N–H and O–H groups in total. The van der Waals surface area contributed by atoms with Crippen LogP contribution in [0.4, 0.5) is 0 Å². The number of hydrazine groups is 1. The number of amides is 1. The molecule has 142 valence electrons. The summed E-state index contributed by atoms with van der Waals surface area (Å²) in [6, 6.07) is 4.11. The Balaban J connectivity index is 2.08. The van der Waals surface area contributed by atoms with E-state index in [4.69, 9.17) is 4.84 Å². The number of Topliss-reactive ketones (excluding diaryl/α,β-unsaturated/α-hetero) is 1. The Bertz CT molecular complexity index is 713. The lowest BCUT2D eigenvalue weighted by Gasteiger charge is -2.44. The monoisotopic (exact) mass is 359 g/mol. The molecule has 3 rings (SSSR count). The van der Waals surface area contributed by atoms with Gasteiger partial charge in [0.05, 0.1) is 7.11 Å². The molecular formula is C20H29N3O3. The molecule has 1 amide bonds. The van der Waals surface area contributed by atoms with Gasteiger partial charge in [0.25, 0.3) is 5.91 Å². The van der Waals surface area contributed by atoms with E-state index in [1.165, 1.54) is 0 Å². The maximum atomic E-state index is 13.6. The predicted molar refractivity (Wildman–Crippen MR) is 99.5 cm³/mol. The summed E-state index contributed by atoms with van der Waals surface area (Å²) in [5.41, 5.74) is 3.28. The minimum Gasteiger partial charge on any atom is -0.302 e. The molecule has 26 heavy (non-hydrogen) atoms. The SMILES string of the molecule is CON1CCC2(CC1)C(=O)C(c1c(C)cc(C)cc1C)C(=O)N2N(C)C. The first-order valence-electron chi connectivity index (χ1n) is 9.15. The maximum Gasteiger partial charge on any atom is 0.252 e. The van der Waals surface area contributed by atoms with Crippen molar-refractivity contribution in [1.82, 2.24) is 15.1 Å². The number of aryl methyl sites for hydroxylation is 3. The quantitative estimate of drug-likeness (QED) is 0.773. The summed E-state index contributed by atoms with van der Waals surface area (Å²) in [7, 11) is 5.32. The maximum absolute atomic E-state index is 13.6. The third-order valence-corrected chi connectivity index (χ3v) is 5.82. The van der Waals surface area contributed by atoms with Gasteiger partial charge in [-0.05, 0) is 50.3 Å². The molecule has 1 unspecified atom stereocenters. The lowest BCUT2D eigenvalue weighted by Crippen LogP contribution is -2.60. The Morgan fingerprint density at radius 2 is 1.62 bits per heavy atom. The molecule has 2 aliphatic heterocycles. The van der Waals surface area contributed by atoms with Crippen molar-refractivity contribution in [2.45, 2.75) is 45.1 Å². The summed E-state index contributed by atoms with van der Waals surface area (Å²) in [6.45, 7) is 7.30. The Labute approximate surface area is 155 Å². The number of rotatable bonds is 3. The fourth-order valence-electron chi connectivity index (χ4n) is 4.80. The van der Waals surface area contributed by atoms with Crippen LogP contribution in [-0.4, -0.2) is 66.6 Å². The number of piperidine rings is 1. The standard InChI is InChI=1S/C20H29N3O3/c1-13-11-14(2)16(15(3)12-13)17-18(24)20(23(19(17)25)21(4)5)7-9-22(26-6)10-8-20/h11-12,17H,7-10H2,1-6H3. The molecule has 2 saturated heterocycles. The zero-order valence-electron chi connectivity index (χ0n) is 16.6. The highest BCUT2D eigenvalue weighted by Crippen LogP contribution is 2.45. The van der Waals surface area contributed by atoms with Gasteiger partial charge in [-0.2, -0.15) is 5.06 Å². The average Bonchev–Trinajstić information content (AvgIpc) is 2.76. The van der Waals surface area contributed by atoms with E-state index in [0.717, 1.165) is 22.3 Å². The van der Waals surface area contributed by atoms with Crippen molar-refractivity contribution in [2.24, 2.45) is 0 Å². The van der Waals surface area contributed by atoms with E-state index in [9.17, 15) is 9.59 Å². The van der Waals surface area contributed by atoms with Crippen LogP contribution < -0.4 is 0 Å². The van der Waals surface area contributed by atoms with Crippen LogP contribution in [0.3, 0.4) is 0 Å². The highest BCUT2D eigenvalue weighted by molar-refractivity contribution is 6.17. The smallest absolute Gasteiger partial charge is 0.252 e. The first kappa shape index (κ1) is 19.0. The second kappa shape index (κ2) is 6.76. The first-order valence-corrected chi connectivity index (χ1v) is 9.15. The number of hydrogen-bond donors (Lipinski definition) is 0. The third kappa shape index (κ3) is 2.76. The number of hydrogen-bond acceptors (Lipinski definition) is 5. The molecule has 1 aromatic carbocycles. The van der Waals surface area contributed by atoms with Gasteiger partial charge in [-0.1, -0.05) is 17.7 Å². The number of benzene rings is 1. The molecule has 2 heterocycles. The number of nitrogens with zero attached hydrogens (tertiary/aromatic N) is 3. The lowest BCUT2D eigenvalue weighted by atomic mass is 9.78. The van der Waals surface area contributed by atoms with Gasteiger partial charge in [0, 0.05) is 27.2 Å². The molecule has 0 bridgehead atoms. The summed E-state index contributed by atoms with van der Waals surface area (Å²) in [4.78, 5) is 32.4. The zero-order chi connectivity index (χ0) is 19.2. The minimum atomic E-state index is -0.774.